The van der Waals surface area contributed by atoms with Gasteiger partial charge in [-0.3, -0.25) is 4.79 Å². The van der Waals surface area contributed by atoms with E-state index in [1.54, 1.807) is 0 Å². The second kappa shape index (κ2) is 2.73. The Morgan fingerprint density at radius 2 is 2.00 bits per heavy atom. The van der Waals surface area contributed by atoms with Crippen LogP contribution >= 0.6 is 0 Å². The van der Waals surface area contributed by atoms with Gasteiger partial charge in [0.25, 0.3) is 0 Å². The average Bonchev–Trinajstić information content (AvgIpc) is 1.97. The minimum absolute atomic E-state index is 0.0324. The maximum Gasteiger partial charge on any atom is 0.170 e. The third kappa shape index (κ3) is 1.18. The first kappa shape index (κ1) is 8.39. The van der Waals surface area contributed by atoms with Crippen molar-refractivity contribution in [1.82, 2.24) is 0 Å². The minimum atomic E-state index is -0.456. The third-order valence-electron chi connectivity index (χ3n) is 1.54. The summed E-state index contributed by atoms with van der Waals surface area (Å²) in [4.78, 5) is 10.9. The summed E-state index contributed by atoms with van der Waals surface area (Å²) < 4.78 is 0. The largest absolute Gasteiger partial charge is 0.504 e. The Kier molecular flexibility index (Phi) is 1.91. The summed E-state index contributed by atoms with van der Waals surface area (Å²) >= 11 is 0. The first-order valence-corrected chi connectivity index (χ1v) is 3.35. The summed E-state index contributed by atoms with van der Waals surface area (Å²) in [7, 11) is 0. The van der Waals surface area contributed by atoms with Crippen LogP contribution < -0.4 is 5.73 Å². The van der Waals surface area contributed by atoms with Crippen LogP contribution in [0.25, 0.3) is 0 Å². The number of carbonyl (C=O) groups excluding carboxylic acids is 1. The highest BCUT2D eigenvalue weighted by molar-refractivity contribution is 6.02. The zero-order chi connectivity index (χ0) is 9.30. The van der Waals surface area contributed by atoms with Gasteiger partial charge in [0.2, 0.25) is 0 Å². The highest BCUT2D eigenvalue weighted by Crippen LogP contribution is 2.32. The molecule has 1 aromatic carbocycles. The molecule has 0 amide bonds. The molecule has 0 unspecified atom stereocenters. The number of benzene rings is 1. The lowest BCUT2D eigenvalue weighted by molar-refractivity contribution is 0.101. The summed E-state index contributed by atoms with van der Waals surface area (Å²) in [6.45, 7) is 1.27. The van der Waals surface area contributed by atoms with E-state index in [-0.39, 0.29) is 22.8 Å². The molecule has 0 aliphatic rings. The lowest BCUT2D eigenvalue weighted by atomic mass is 10.1. The predicted molar refractivity (Wildman–Crippen MR) is 44.2 cm³/mol. The predicted octanol–water partition coefficient (Wildman–Crippen LogP) is 0.883. The van der Waals surface area contributed by atoms with E-state index in [1.807, 2.05) is 0 Å². The van der Waals surface area contributed by atoms with E-state index < -0.39 is 5.75 Å². The lowest BCUT2D eigenvalue weighted by Crippen LogP contribution is -1.99. The van der Waals surface area contributed by atoms with E-state index in [4.69, 9.17) is 10.8 Å². The topological polar surface area (TPSA) is 83.6 Å². The summed E-state index contributed by atoms with van der Waals surface area (Å²) in [5.41, 5.74) is 5.53. The van der Waals surface area contributed by atoms with Crippen molar-refractivity contribution in [2.24, 2.45) is 0 Å². The number of Topliss-reactive ketones (excluding diaryl/α,β-unsaturated/α-hetero) is 1. The van der Waals surface area contributed by atoms with Gasteiger partial charge in [-0.2, -0.15) is 0 Å². The fourth-order valence-corrected chi connectivity index (χ4v) is 0.966. The van der Waals surface area contributed by atoms with Crippen LogP contribution in [0.4, 0.5) is 5.69 Å². The van der Waals surface area contributed by atoms with Crippen LogP contribution in [-0.2, 0) is 0 Å². The van der Waals surface area contributed by atoms with Gasteiger partial charge >= 0.3 is 0 Å². The molecule has 4 N–H and O–H groups in total. The van der Waals surface area contributed by atoms with Crippen molar-refractivity contribution in [3.05, 3.63) is 17.7 Å². The van der Waals surface area contributed by atoms with Crippen molar-refractivity contribution in [3.8, 4) is 11.5 Å². The van der Waals surface area contributed by atoms with Crippen LogP contribution in [0.3, 0.4) is 0 Å². The average molecular weight is 167 g/mol. The van der Waals surface area contributed by atoms with Crippen LogP contribution in [-0.4, -0.2) is 16.0 Å². The molecule has 12 heavy (non-hydrogen) atoms. The minimum Gasteiger partial charge on any atom is -0.504 e. The molecule has 0 atom stereocenters. The van der Waals surface area contributed by atoms with Crippen LogP contribution in [0.15, 0.2) is 12.1 Å². The molecule has 0 heterocycles. The normalized spacial score (nSPS) is 9.75. The molecule has 0 saturated carbocycles. The van der Waals surface area contributed by atoms with E-state index in [1.165, 1.54) is 19.1 Å². The molecule has 0 aliphatic carbocycles. The van der Waals surface area contributed by atoms with Gasteiger partial charge in [-0.05, 0) is 19.1 Å². The SMILES string of the molecule is CC(=O)c1c(N)ccc(O)c1O. The Labute approximate surface area is 69.3 Å². The van der Waals surface area contributed by atoms with E-state index in [0.29, 0.717) is 0 Å². The number of carbonyl (C=O) groups is 1. The molecule has 0 fully saturated rings. The van der Waals surface area contributed by atoms with Gasteiger partial charge in [0.1, 0.15) is 0 Å². The highest BCUT2D eigenvalue weighted by Gasteiger charge is 2.13. The first-order chi connectivity index (χ1) is 5.54. The third-order valence-corrected chi connectivity index (χ3v) is 1.54. The molecule has 1 rings (SSSR count). The smallest absolute Gasteiger partial charge is 0.170 e. The van der Waals surface area contributed by atoms with Crippen molar-refractivity contribution in [2.45, 2.75) is 6.92 Å². The van der Waals surface area contributed by atoms with Crippen LogP contribution in [0.1, 0.15) is 17.3 Å². The molecule has 0 spiro atoms. The Bertz CT molecular complexity index is 333. The number of nitrogens with two attached hydrogens (primary N) is 1. The Morgan fingerprint density at radius 1 is 1.42 bits per heavy atom. The second-order valence-electron chi connectivity index (χ2n) is 2.45. The highest BCUT2D eigenvalue weighted by atomic mass is 16.3. The Balaban J connectivity index is 3.43. The quantitative estimate of drug-likeness (QED) is 0.251. The molecule has 0 saturated heterocycles. The molecule has 0 radical (unpaired) electrons. The number of ketones is 1. The van der Waals surface area contributed by atoms with Crippen LogP contribution in [0.2, 0.25) is 0 Å². The Hall–Kier alpha value is -1.71. The van der Waals surface area contributed by atoms with E-state index in [2.05, 4.69) is 0 Å². The standard InChI is InChI=1S/C8H9NO3/c1-4(10)7-5(9)2-3-6(11)8(7)12/h2-3,11-12H,9H2,1H3. The van der Waals surface area contributed by atoms with Crippen molar-refractivity contribution in [3.63, 3.8) is 0 Å². The molecule has 1 aromatic rings. The second-order valence-corrected chi connectivity index (χ2v) is 2.45. The van der Waals surface area contributed by atoms with Gasteiger partial charge in [-0.1, -0.05) is 0 Å². The lowest BCUT2D eigenvalue weighted by Gasteiger charge is -2.05. The zero-order valence-corrected chi connectivity index (χ0v) is 6.53. The van der Waals surface area contributed by atoms with Gasteiger partial charge in [0.05, 0.1) is 5.56 Å². The number of hydrogen-bond donors (Lipinski definition) is 3. The number of phenols is 2. The molecule has 0 aromatic heterocycles. The van der Waals surface area contributed by atoms with Crippen molar-refractivity contribution in [1.29, 1.82) is 0 Å². The van der Waals surface area contributed by atoms with Gasteiger partial charge < -0.3 is 15.9 Å². The number of hydrogen-bond acceptors (Lipinski definition) is 4. The Morgan fingerprint density at radius 3 is 2.42 bits per heavy atom. The fourth-order valence-electron chi connectivity index (χ4n) is 0.966. The number of nitrogen functional groups attached to an aromatic ring is 1. The van der Waals surface area contributed by atoms with Gasteiger partial charge in [-0.15, -0.1) is 0 Å². The van der Waals surface area contributed by atoms with E-state index in [0.717, 1.165) is 0 Å². The molecule has 0 bridgehead atoms. The summed E-state index contributed by atoms with van der Waals surface area (Å²) in [5, 5.41) is 18.2. The van der Waals surface area contributed by atoms with Crippen molar-refractivity contribution in [2.75, 3.05) is 5.73 Å². The summed E-state index contributed by atoms with van der Waals surface area (Å²) in [6.07, 6.45) is 0. The number of aromatic hydroxyl groups is 2. The summed E-state index contributed by atoms with van der Waals surface area (Å²) in [5.74, 6) is -1.17. The van der Waals surface area contributed by atoms with Crippen molar-refractivity contribution >= 4 is 11.5 Å². The van der Waals surface area contributed by atoms with Gasteiger partial charge in [0.15, 0.2) is 17.3 Å². The van der Waals surface area contributed by atoms with Crippen LogP contribution in [0.5, 0.6) is 11.5 Å². The number of rotatable bonds is 1. The fraction of sp³-hybridized carbons (Fsp3) is 0.125. The molecular formula is C8H9NO3. The maximum absolute atomic E-state index is 10.9. The van der Waals surface area contributed by atoms with Crippen LogP contribution in [0, 0.1) is 0 Å². The summed E-state index contributed by atoms with van der Waals surface area (Å²) in [6, 6.07) is 2.60. The van der Waals surface area contributed by atoms with Crippen molar-refractivity contribution < 1.29 is 15.0 Å². The number of phenolic OH excluding ortho intramolecular Hbond substituents is 2. The first-order valence-electron chi connectivity index (χ1n) is 3.35. The number of anilines is 1. The maximum atomic E-state index is 10.9. The zero-order valence-electron chi connectivity index (χ0n) is 6.53. The molecular weight excluding hydrogens is 158 g/mol. The van der Waals surface area contributed by atoms with E-state index in [9.17, 15) is 9.90 Å². The molecule has 0 aliphatic heterocycles. The molecule has 4 heteroatoms. The monoisotopic (exact) mass is 167 g/mol. The molecule has 4 nitrogen and oxygen atoms in total. The van der Waals surface area contributed by atoms with E-state index >= 15 is 0 Å². The van der Waals surface area contributed by atoms with Gasteiger partial charge in [-0.25, -0.2) is 0 Å². The molecule has 64 valence electrons. The van der Waals surface area contributed by atoms with Gasteiger partial charge in [0, 0.05) is 5.69 Å².